The SMILES string of the molecule is CS(=O)(=O)N(CC(=O)N[C@@H]1C[C@H]2CC[C@H]1C2)c1ccc(Cl)cc1. The Morgan fingerprint density at radius 3 is 2.48 bits per heavy atom. The van der Waals surface area contributed by atoms with Gasteiger partial charge in [-0.25, -0.2) is 8.42 Å². The summed E-state index contributed by atoms with van der Waals surface area (Å²) in [7, 11) is -3.54. The summed E-state index contributed by atoms with van der Waals surface area (Å²) in [5.41, 5.74) is 0.444. The van der Waals surface area contributed by atoms with Crippen LogP contribution in [0.3, 0.4) is 0 Å². The number of halogens is 1. The highest BCUT2D eigenvalue weighted by atomic mass is 35.5. The van der Waals surface area contributed by atoms with E-state index < -0.39 is 10.0 Å². The summed E-state index contributed by atoms with van der Waals surface area (Å²) in [6.07, 6.45) is 5.75. The van der Waals surface area contributed by atoms with Gasteiger partial charge >= 0.3 is 0 Å². The van der Waals surface area contributed by atoms with Crippen molar-refractivity contribution >= 4 is 33.2 Å². The van der Waals surface area contributed by atoms with Gasteiger partial charge in [-0.3, -0.25) is 9.10 Å². The van der Waals surface area contributed by atoms with Crippen LogP contribution in [-0.2, 0) is 14.8 Å². The molecule has 1 aromatic carbocycles. The van der Waals surface area contributed by atoms with E-state index >= 15 is 0 Å². The van der Waals surface area contributed by atoms with Crippen molar-refractivity contribution in [2.24, 2.45) is 11.8 Å². The number of hydrogen-bond acceptors (Lipinski definition) is 3. The van der Waals surface area contributed by atoms with Crippen molar-refractivity contribution in [3.63, 3.8) is 0 Å². The van der Waals surface area contributed by atoms with Crippen LogP contribution in [0.2, 0.25) is 5.02 Å². The highest BCUT2D eigenvalue weighted by Gasteiger charge is 2.40. The number of carbonyl (C=O) groups is 1. The van der Waals surface area contributed by atoms with Gasteiger partial charge in [0.1, 0.15) is 6.54 Å². The Kier molecular flexibility index (Phi) is 4.56. The molecule has 2 aliphatic carbocycles. The van der Waals surface area contributed by atoms with E-state index in [1.807, 2.05) is 0 Å². The third-order valence-corrected chi connectivity index (χ3v) is 6.28. The molecule has 0 aromatic heterocycles. The Bertz CT molecular complexity index is 690. The number of rotatable bonds is 5. The maximum atomic E-state index is 12.3. The fraction of sp³-hybridized carbons (Fsp3) is 0.562. The van der Waals surface area contributed by atoms with Gasteiger partial charge in [0.15, 0.2) is 0 Å². The van der Waals surface area contributed by atoms with E-state index in [9.17, 15) is 13.2 Å². The molecule has 0 saturated heterocycles. The average Bonchev–Trinajstić information content (AvgIpc) is 3.07. The molecule has 3 rings (SSSR count). The summed E-state index contributed by atoms with van der Waals surface area (Å²) in [5, 5.41) is 3.54. The zero-order valence-electron chi connectivity index (χ0n) is 13.0. The van der Waals surface area contributed by atoms with Crippen molar-refractivity contribution in [1.29, 1.82) is 0 Å². The molecule has 2 saturated carbocycles. The number of fused-ring (bicyclic) bond motifs is 2. The Morgan fingerprint density at radius 2 is 1.96 bits per heavy atom. The van der Waals surface area contributed by atoms with Crippen molar-refractivity contribution in [3.05, 3.63) is 29.3 Å². The van der Waals surface area contributed by atoms with Crippen LogP contribution in [0.4, 0.5) is 5.69 Å². The van der Waals surface area contributed by atoms with Gasteiger partial charge in [0, 0.05) is 11.1 Å². The molecule has 2 aliphatic rings. The maximum absolute atomic E-state index is 12.3. The molecule has 2 fully saturated rings. The normalized spacial score (nSPS) is 26.3. The smallest absolute Gasteiger partial charge is 0.241 e. The monoisotopic (exact) mass is 356 g/mol. The second-order valence-electron chi connectivity index (χ2n) is 6.59. The van der Waals surface area contributed by atoms with Crippen LogP contribution in [-0.4, -0.2) is 33.2 Å². The molecule has 1 aromatic rings. The van der Waals surface area contributed by atoms with Crippen molar-refractivity contribution in [3.8, 4) is 0 Å². The first-order valence-corrected chi connectivity index (χ1v) is 10.1. The van der Waals surface area contributed by atoms with E-state index in [0.717, 1.165) is 22.9 Å². The number of benzene rings is 1. The standard InChI is InChI=1S/C16H21ClN2O3S/c1-23(21,22)19(14-6-4-13(17)5-7-14)10-16(20)18-15-9-11-2-3-12(15)8-11/h4-7,11-12,15H,2-3,8-10H2,1H3,(H,18,20)/t11-,12-,15+/m0/s1. The topological polar surface area (TPSA) is 66.5 Å². The molecular formula is C16H21ClN2O3S. The minimum atomic E-state index is -3.54. The fourth-order valence-corrected chi connectivity index (χ4v) is 4.79. The molecule has 1 N–H and O–H groups in total. The second-order valence-corrected chi connectivity index (χ2v) is 8.94. The lowest BCUT2D eigenvalue weighted by molar-refractivity contribution is -0.120. The fourth-order valence-electron chi connectivity index (χ4n) is 3.81. The zero-order valence-corrected chi connectivity index (χ0v) is 14.6. The number of amides is 1. The van der Waals surface area contributed by atoms with Crippen LogP contribution in [0.15, 0.2) is 24.3 Å². The first-order chi connectivity index (χ1) is 10.8. The van der Waals surface area contributed by atoms with E-state index in [2.05, 4.69) is 5.32 Å². The molecule has 5 nitrogen and oxygen atoms in total. The Hall–Kier alpha value is -1.27. The van der Waals surface area contributed by atoms with Crippen molar-refractivity contribution < 1.29 is 13.2 Å². The van der Waals surface area contributed by atoms with Gasteiger partial charge in [0.05, 0.1) is 11.9 Å². The molecule has 0 radical (unpaired) electrons. The first kappa shape index (κ1) is 16.6. The molecule has 0 unspecified atom stereocenters. The lowest BCUT2D eigenvalue weighted by atomic mass is 9.95. The minimum Gasteiger partial charge on any atom is -0.352 e. The summed E-state index contributed by atoms with van der Waals surface area (Å²) in [6.45, 7) is -0.200. The molecule has 3 atom stereocenters. The Morgan fingerprint density at radius 1 is 1.26 bits per heavy atom. The number of anilines is 1. The van der Waals surface area contributed by atoms with Crippen LogP contribution in [0.5, 0.6) is 0 Å². The molecule has 0 spiro atoms. The molecule has 0 aliphatic heterocycles. The quantitative estimate of drug-likeness (QED) is 0.881. The van der Waals surface area contributed by atoms with E-state index in [4.69, 9.17) is 11.6 Å². The lowest BCUT2D eigenvalue weighted by Crippen LogP contribution is -2.45. The summed E-state index contributed by atoms with van der Waals surface area (Å²) >= 11 is 5.84. The van der Waals surface area contributed by atoms with Crippen LogP contribution in [0, 0.1) is 11.8 Å². The van der Waals surface area contributed by atoms with Gasteiger partial charge in [-0.1, -0.05) is 18.0 Å². The molecule has 23 heavy (non-hydrogen) atoms. The average molecular weight is 357 g/mol. The summed E-state index contributed by atoms with van der Waals surface area (Å²) in [6, 6.07) is 6.64. The Balaban J connectivity index is 1.69. The van der Waals surface area contributed by atoms with E-state index in [1.165, 1.54) is 19.3 Å². The number of hydrogen-bond donors (Lipinski definition) is 1. The Labute approximate surface area is 142 Å². The number of sulfonamides is 1. The maximum Gasteiger partial charge on any atom is 0.241 e. The third kappa shape index (κ3) is 3.80. The molecule has 126 valence electrons. The van der Waals surface area contributed by atoms with Crippen LogP contribution in [0.1, 0.15) is 25.7 Å². The van der Waals surface area contributed by atoms with Gasteiger partial charge in [0.2, 0.25) is 15.9 Å². The van der Waals surface area contributed by atoms with Crippen molar-refractivity contribution in [1.82, 2.24) is 5.32 Å². The predicted molar refractivity (Wildman–Crippen MR) is 91.0 cm³/mol. The lowest BCUT2D eigenvalue weighted by Gasteiger charge is -2.26. The number of carbonyl (C=O) groups excluding carboxylic acids is 1. The third-order valence-electron chi connectivity index (χ3n) is 4.89. The predicted octanol–water partition coefficient (Wildman–Crippen LogP) is 2.41. The van der Waals surface area contributed by atoms with Crippen LogP contribution >= 0.6 is 11.6 Å². The number of nitrogens with one attached hydrogen (secondary N) is 1. The van der Waals surface area contributed by atoms with Gasteiger partial charge < -0.3 is 5.32 Å². The van der Waals surface area contributed by atoms with Gasteiger partial charge in [-0.05, 0) is 55.4 Å². The van der Waals surface area contributed by atoms with Gasteiger partial charge in [-0.15, -0.1) is 0 Å². The van der Waals surface area contributed by atoms with Crippen LogP contribution < -0.4 is 9.62 Å². The summed E-state index contributed by atoms with van der Waals surface area (Å²) < 4.78 is 25.2. The highest BCUT2D eigenvalue weighted by Crippen LogP contribution is 2.44. The van der Waals surface area contributed by atoms with Crippen LogP contribution in [0.25, 0.3) is 0 Å². The summed E-state index contributed by atoms with van der Waals surface area (Å²) in [4.78, 5) is 12.3. The highest BCUT2D eigenvalue weighted by molar-refractivity contribution is 7.92. The van der Waals surface area contributed by atoms with Gasteiger partial charge in [-0.2, -0.15) is 0 Å². The molecule has 0 heterocycles. The van der Waals surface area contributed by atoms with Crippen molar-refractivity contribution in [2.45, 2.75) is 31.7 Å². The van der Waals surface area contributed by atoms with Crippen molar-refractivity contribution in [2.75, 3.05) is 17.1 Å². The molecule has 1 amide bonds. The number of nitrogens with zero attached hydrogens (tertiary/aromatic N) is 1. The minimum absolute atomic E-state index is 0.200. The molecular weight excluding hydrogens is 336 g/mol. The second kappa shape index (κ2) is 6.32. The summed E-state index contributed by atoms with van der Waals surface area (Å²) in [5.74, 6) is 1.04. The van der Waals surface area contributed by atoms with E-state index in [0.29, 0.717) is 16.6 Å². The molecule has 2 bridgehead atoms. The van der Waals surface area contributed by atoms with E-state index in [1.54, 1.807) is 24.3 Å². The zero-order chi connectivity index (χ0) is 16.6. The first-order valence-electron chi connectivity index (χ1n) is 7.85. The van der Waals surface area contributed by atoms with Gasteiger partial charge in [0.25, 0.3) is 0 Å². The largest absolute Gasteiger partial charge is 0.352 e. The van der Waals surface area contributed by atoms with E-state index in [-0.39, 0.29) is 18.5 Å². The molecule has 7 heteroatoms.